The molecule has 3 heterocycles. The van der Waals surface area contributed by atoms with Gasteiger partial charge in [-0.25, -0.2) is 9.78 Å². The van der Waals surface area contributed by atoms with Crippen LogP contribution in [-0.4, -0.2) is 33.7 Å². The zero-order valence-corrected chi connectivity index (χ0v) is 11.5. The summed E-state index contributed by atoms with van der Waals surface area (Å²) in [6.45, 7) is 1.06. The number of aromatic nitrogens is 2. The number of fused-ring (bicyclic) bond motifs is 2. The molecule has 2 aromatic heterocycles. The Morgan fingerprint density at radius 1 is 1.18 bits per heavy atom. The van der Waals surface area contributed by atoms with Crippen LogP contribution in [0.1, 0.15) is 10.4 Å². The fourth-order valence-corrected chi connectivity index (χ4v) is 2.52. The number of imidazole rings is 1. The van der Waals surface area contributed by atoms with Gasteiger partial charge in [0.1, 0.15) is 18.8 Å². The first kappa shape index (κ1) is 12.7. The Morgan fingerprint density at radius 3 is 2.82 bits per heavy atom. The largest absolute Gasteiger partial charge is 0.486 e. The summed E-state index contributed by atoms with van der Waals surface area (Å²) in [7, 11) is 0. The number of pyridine rings is 1. The molecule has 0 atom stereocenters. The van der Waals surface area contributed by atoms with Crippen LogP contribution < -0.4 is 9.47 Å². The third-order valence-electron chi connectivity index (χ3n) is 3.55. The van der Waals surface area contributed by atoms with Crippen LogP contribution in [0.2, 0.25) is 0 Å². The highest BCUT2D eigenvalue weighted by molar-refractivity contribution is 5.94. The molecule has 0 bridgehead atoms. The first-order valence-corrected chi connectivity index (χ1v) is 6.83. The molecule has 0 radical (unpaired) electrons. The highest BCUT2D eigenvalue weighted by Crippen LogP contribution is 2.34. The lowest BCUT2D eigenvalue weighted by molar-refractivity contribution is 0.0698. The Balaban J connectivity index is 1.84. The number of carboxylic acids is 1. The zero-order chi connectivity index (χ0) is 15.1. The van der Waals surface area contributed by atoms with Crippen molar-refractivity contribution in [3.63, 3.8) is 0 Å². The predicted octanol–water partition coefficient (Wildman–Crippen LogP) is 2.47. The van der Waals surface area contributed by atoms with Gasteiger partial charge in [0.2, 0.25) is 0 Å². The molecule has 6 nitrogen and oxygen atoms in total. The van der Waals surface area contributed by atoms with Crippen LogP contribution in [0.5, 0.6) is 11.5 Å². The molecule has 1 N–H and O–H groups in total. The van der Waals surface area contributed by atoms with Crippen LogP contribution >= 0.6 is 0 Å². The summed E-state index contributed by atoms with van der Waals surface area (Å²) in [6, 6.07) is 8.81. The summed E-state index contributed by atoms with van der Waals surface area (Å²) in [6.07, 6.45) is 3.57. The molecular weight excluding hydrogens is 284 g/mol. The van der Waals surface area contributed by atoms with Crippen LogP contribution in [-0.2, 0) is 0 Å². The van der Waals surface area contributed by atoms with E-state index >= 15 is 0 Å². The van der Waals surface area contributed by atoms with E-state index in [1.165, 1.54) is 6.07 Å². The van der Waals surface area contributed by atoms with E-state index in [1.807, 2.05) is 18.2 Å². The lowest BCUT2D eigenvalue weighted by Crippen LogP contribution is -2.15. The maximum atomic E-state index is 11.3. The second-order valence-corrected chi connectivity index (χ2v) is 4.94. The average molecular weight is 296 g/mol. The molecule has 0 aliphatic carbocycles. The second-order valence-electron chi connectivity index (χ2n) is 4.94. The number of hydrogen-bond acceptors (Lipinski definition) is 4. The molecule has 0 spiro atoms. The first-order valence-electron chi connectivity index (χ1n) is 6.83. The standard InChI is InChI=1S/C16H12N2O4/c19-16(20)11-2-1-5-18-9-12(17-15(11)18)10-3-4-13-14(8-10)22-7-6-21-13/h1-5,8-9H,6-7H2,(H,19,20). The Morgan fingerprint density at radius 2 is 2.00 bits per heavy atom. The molecule has 3 aromatic rings. The van der Waals surface area contributed by atoms with Gasteiger partial charge in [0, 0.05) is 18.0 Å². The molecule has 4 rings (SSSR count). The van der Waals surface area contributed by atoms with Gasteiger partial charge in [0.25, 0.3) is 0 Å². The first-order chi connectivity index (χ1) is 10.7. The monoisotopic (exact) mass is 296 g/mol. The quantitative estimate of drug-likeness (QED) is 0.786. The molecule has 1 aromatic carbocycles. The lowest BCUT2D eigenvalue weighted by atomic mass is 10.1. The van der Waals surface area contributed by atoms with Crippen LogP contribution in [0.3, 0.4) is 0 Å². The van der Waals surface area contributed by atoms with Crippen molar-refractivity contribution >= 4 is 11.6 Å². The van der Waals surface area contributed by atoms with Crippen molar-refractivity contribution in [2.24, 2.45) is 0 Å². The van der Waals surface area contributed by atoms with Gasteiger partial charge in [-0.05, 0) is 30.3 Å². The molecule has 110 valence electrons. The van der Waals surface area contributed by atoms with Crippen LogP contribution in [0.25, 0.3) is 16.9 Å². The van der Waals surface area contributed by atoms with Crippen molar-refractivity contribution < 1.29 is 19.4 Å². The molecule has 6 heteroatoms. The summed E-state index contributed by atoms with van der Waals surface area (Å²) in [5.74, 6) is 0.397. The normalized spacial score (nSPS) is 13.3. The van der Waals surface area contributed by atoms with E-state index in [9.17, 15) is 9.90 Å². The lowest BCUT2D eigenvalue weighted by Gasteiger charge is -2.18. The van der Waals surface area contributed by atoms with E-state index < -0.39 is 5.97 Å². The Bertz CT molecular complexity index is 885. The summed E-state index contributed by atoms with van der Waals surface area (Å²) in [5, 5.41) is 9.23. The summed E-state index contributed by atoms with van der Waals surface area (Å²) >= 11 is 0. The topological polar surface area (TPSA) is 73.1 Å². The van der Waals surface area contributed by atoms with Crippen LogP contribution in [0, 0.1) is 0 Å². The number of rotatable bonds is 2. The predicted molar refractivity (Wildman–Crippen MR) is 78.6 cm³/mol. The van der Waals surface area contributed by atoms with Crippen molar-refractivity contribution in [3.8, 4) is 22.8 Å². The minimum Gasteiger partial charge on any atom is -0.486 e. The van der Waals surface area contributed by atoms with Crippen molar-refractivity contribution in [2.75, 3.05) is 13.2 Å². The van der Waals surface area contributed by atoms with Gasteiger partial charge in [-0.2, -0.15) is 0 Å². The molecule has 1 aliphatic heterocycles. The van der Waals surface area contributed by atoms with Gasteiger partial charge in [-0.1, -0.05) is 0 Å². The number of benzene rings is 1. The van der Waals surface area contributed by atoms with E-state index in [4.69, 9.17) is 9.47 Å². The molecule has 22 heavy (non-hydrogen) atoms. The van der Waals surface area contributed by atoms with E-state index in [2.05, 4.69) is 4.98 Å². The molecule has 1 aliphatic rings. The minimum atomic E-state index is -0.995. The highest BCUT2D eigenvalue weighted by Gasteiger charge is 2.16. The van der Waals surface area contributed by atoms with Gasteiger partial charge in [-0.3, -0.25) is 0 Å². The molecular formula is C16H12N2O4. The maximum absolute atomic E-state index is 11.3. The molecule has 0 saturated heterocycles. The van der Waals surface area contributed by atoms with Crippen molar-refractivity contribution in [1.29, 1.82) is 0 Å². The third kappa shape index (κ3) is 1.96. The SMILES string of the molecule is O=C(O)c1cccn2cc(-c3ccc4c(c3)OCCO4)nc12. The van der Waals surface area contributed by atoms with Crippen molar-refractivity contribution in [3.05, 3.63) is 48.3 Å². The van der Waals surface area contributed by atoms with Gasteiger partial charge in [0.15, 0.2) is 17.1 Å². The molecule has 0 unspecified atom stereocenters. The van der Waals surface area contributed by atoms with E-state index in [1.54, 1.807) is 22.9 Å². The maximum Gasteiger partial charge on any atom is 0.339 e. The highest BCUT2D eigenvalue weighted by atomic mass is 16.6. The van der Waals surface area contributed by atoms with E-state index in [0.717, 1.165) is 5.56 Å². The fraction of sp³-hybridized carbons (Fsp3) is 0.125. The number of ether oxygens (including phenoxy) is 2. The minimum absolute atomic E-state index is 0.172. The van der Waals surface area contributed by atoms with Gasteiger partial charge >= 0.3 is 5.97 Å². The number of carboxylic acid groups (broad SMARTS) is 1. The summed E-state index contributed by atoms with van der Waals surface area (Å²) in [4.78, 5) is 15.7. The van der Waals surface area contributed by atoms with Gasteiger partial charge < -0.3 is 19.0 Å². The van der Waals surface area contributed by atoms with Crippen molar-refractivity contribution in [2.45, 2.75) is 0 Å². The number of nitrogens with zero attached hydrogens (tertiary/aromatic N) is 2. The Labute approximate surface area is 125 Å². The fourth-order valence-electron chi connectivity index (χ4n) is 2.52. The van der Waals surface area contributed by atoms with Gasteiger partial charge in [0.05, 0.1) is 5.69 Å². The van der Waals surface area contributed by atoms with Crippen molar-refractivity contribution in [1.82, 2.24) is 9.38 Å². The van der Waals surface area contributed by atoms with E-state index in [-0.39, 0.29) is 5.56 Å². The smallest absolute Gasteiger partial charge is 0.339 e. The Kier molecular flexibility index (Phi) is 2.75. The number of hydrogen-bond donors (Lipinski definition) is 1. The summed E-state index contributed by atoms with van der Waals surface area (Å²) in [5.41, 5.74) is 2.13. The zero-order valence-electron chi connectivity index (χ0n) is 11.5. The Hall–Kier alpha value is -3.02. The third-order valence-corrected chi connectivity index (χ3v) is 3.55. The van der Waals surface area contributed by atoms with Gasteiger partial charge in [-0.15, -0.1) is 0 Å². The number of carbonyl (C=O) groups is 1. The van der Waals surface area contributed by atoms with Crippen LogP contribution in [0.4, 0.5) is 0 Å². The molecule has 0 amide bonds. The molecule has 0 fully saturated rings. The second kappa shape index (κ2) is 4.77. The molecule has 0 saturated carbocycles. The number of aromatic carboxylic acids is 1. The average Bonchev–Trinajstić information content (AvgIpc) is 2.98. The van der Waals surface area contributed by atoms with Crippen LogP contribution in [0.15, 0.2) is 42.7 Å². The summed E-state index contributed by atoms with van der Waals surface area (Å²) < 4.78 is 12.8. The van der Waals surface area contributed by atoms with E-state index in [0.29, 0.717) is 36.1 Å².